The molecule has 4 nitrogen and oxygen atoms in total. The number of ether oxygens (including phenoxy) is 1. The van der Waals surface area contributed by atoms with Crippen molar-refractivity contribution >= 4 is 5.97 Å². The van der Waals surface area contributed by atoms with Crippen LogP contribution in [0.1, 0.15) is 46.5 Å². The van der Waals surface area contributed by atoms with Crippen molar-refractivity contribution < 1.29 is 9.53 Å². The molecule has 0 amide bonds. The van der Waals surface area contributed by atoms with E-state index in [0.717, 1.165) is 45.4 Å². The summed E-state index contributed by atoms with van der Waals surface area (Å²) in [6.45, 7) is 10.4. The molecule has 2 unspecified atom stereocenters. The molecule has 0 aliphatic heterocycles. The summed E-state index contributed by atoms with van der Waals surface area (Å²) >= 11 is 0. The lowest BCUT2D eigenvalue weighted by atomic mass is 9.73. The summed E-state index contributed by atoms with van der Waals surface area (Å²) in [4.78, 5) is 14.6. The van der Waals surface area contributed by atoms with Gasteiger partial charge in [-0.15, -0.1) is 0 Å². The highest BCUT2D eigenvalue weighted by atomic mass is 16.5. The van der Waals surface area contributed by atoms with E-state index in [2.05, 4.69) is 31.0 Å². The van der Waals surface area contributed by atoms with Crippen molar-refractivity contribution in [3.63, 3.8) is 0 Å². The number of likely N-dealkylation sites (N-methyl/N-ethyl adjacent to an activating group) is 1. The van der Waals surface area contributed by atoms with Crippen molar-refractivity contribution in [2.24, 2.45) is 5.92 Å². The molecule has 0 heterocycles. The fourth-order valence-corrected chi connectivity index (χ4v) is 3.14. The number of methoxy groups -OCH3 is 1. The van der Waals surface area contributed by atoms with E-state index >= 15 is 0 Å². The highest BCUT2D eigenvalue weighted by Gasteiger charge is 2.45. The Kier molecular flexibility index (Phi) is 6.80. The summed E-state index contributed by atoms with van der Waals surface area (Å²) in [6.07, 6.45) is 4.34. The van der Waals surface area contributed by atoms with Gasteiger partial charge >= 0.3 is 5.97 Å². The van der Waals surface area contributed by atoms with E-state index in [-0.39, 0.29) is 5.97 Å². The Bertz CT molecular complexity index is 279. The predicted octanol–water partition coefficient (Wildman–Crippen LogP) is 2.04. The molecule has 0 aromatic carbocycles. The van der Waals surface area contributed by atoms with Crippen LogP contribution in [0.3, 0.4) is 0 Å². The van der Waals surface area contributed by atoms with Gasteiger partial charge in [0.15, 0.2) is 0 Å². The Labute approximate surface area is 117 Å². The Balaban J connectivity index is 2.62. The molecule has 1 saturated carbocycles. The summed E-state index contributed by atoms with van der Waals surface area (Å²) in [6, 6.07) is 0. The summed E-state index contributed by atoms with van der Waals surface area (Å²) in [5.74, 6) is 0.268. The van der Waals surface area contributed by atoms with Crippen molar-refractivity contribution in [1.29, 1.82) is 0 Å². The van der Waals surface area contributed by atoms with E-state index in [1.807, 2.05) is 0 Å². The fraction of sp³-hybridized carbons (Fsp3) is 0.933. The molecule has 1 N–H and O–H groups in total. The van der Waals surface area contributed by atoms with Gasteiger partial charge in [-0.25, -0.2) is 0 Å². The first kappa shape index (κ1) is 16.4. The molecular weight excluding hydrogens is 240 g/mol. The molecule has 4 heteroatoms. The Morgan fingerprint density at radius 1 is 1.37 bits per heavy atom. The number of carbonyl (C=O) groups is 1. The van der Waals surface area contributed by atoms with Crippen LogP contribution in [0.15, 0.2) is 0 Å². The van der Waals surface area contributed by atoms with Crippen molar-refractivity contribution in [2.75, 3.05) is 33.3 Å². The lowest BCUT2D eigenvalue weighted by molar-refractivity contribution is -0.152. The predicted molar refractivity (Wildman–Crippen MR) is 78.2 cm³/mol. The summed E-state index contributed by atoms with van der Waals surface area (Å²) in [5.41, 5.74) is -0.458. The smallest absolute Gasteiger partial charge is 0.326 e. The van der Waals surface area contributed by atoms with Crippen LogP contribution in [-0.2, 0) is 9.53 Å². The highest BCUT2D eigenvalue weighted by Crippen LogP contribution is 2.34. The number of carbonyl (C=O) groups excluding carboxylic acids is 1. The van der Waals surface area contributed by atoms with Gasteiger partial charge in [0.1, 0.15) is 5.54 Å². The zero-order valence-electron chi connectivity index (χ0n) is 13.0. The van der Waals surface area contributed by atoms with Gasteiger partial charge in [-0.1, -0.05) is 33.6 Å². The lowest BCUT2D eigenvalue weighted by Crippen LogP contribution is -2.59. The first-order valence-electron chi connectivity index (χ1n) is 7.66. The van der Waals surface area contributed by atoms with E-state index < -0.39 is 5.54 Å². The third kappa shape index (κ3) is 3.93. The molecule has 0 radical (unpaired) electrons. The van der Waals surface area contributed by atoms with E-state index in [1.54, 1.807) is 0 Å². The van der Waals surface area contributed by atoms with Gasteiger partial charge in [-0.3, -0.25) is 4.79 Å². The Morgan fingerprint density at radius 3 is 2.58 bits per heavy atom. The first-order chi connectivity index (χ1) is 9.10. The zero-order chi connectivity index (χ0) is 14.3. The van der Waals surface area contributed by atoms with Gasteiger partial charge in [-0.2, -0.15) is 0 Å². The largest absolute Gasteiger partial charge is 0.468 e. The number of nitrogens with one attached hydrogen (secondary N) is 1. The fourth-order valence-electron chi connectivity index (χ4n) is 3.14. The van der Waals surface area contributed by atoms with Crippen molar-refractivity contribution in [3.05, 3.63) is 0 Å². The minimum absolute atomic E-state index is 0.0840. The molecule has 1 aliphatic carbocycles. The van der Waals surface area contributed by atoms with Crippen LogP contribution in [0.25, 0.3) is 0 Å². The minimum Gasteiger partial charge on any atom is -0.468 e. The van der Waals surface area contributed by atoms with Gasteiger partial charge < -0.3 is 15.0 Å². The number of nitrogens with zero attached hydrogens (tertiary/aromatic N) is 1. The molecule has 0 bridgehead atoms. The molecular formula is C15H30N2O2. The molecule has 1 aliphatic rings. The number of hydrogen-bond acceptors (Lipinski definition) is 4. The van der Waals surface area contributed by atoms with Crippen molar-refractivity contribution in [1.82, 2.24) is 10.2 Å². The summed E-state index contributed by atoms with van der Waals surface area (Å²) in [5, 5.41) is 3.52. The maximum atomic E-state index is 12.2. The van der Waals surface area contributed by atoms with Gasteiger partial charge in [0.2, 0.25) is 0 Å². The molecule has 2 atom stereocenters. The molecule has 0 aromatic rings. The average Bonchev–Trinajstić information content (AvgIpc) is 2.44. The summed E-state index contributed by atoms with van der Waals surface area (Å²) < 4.78 is 5.06. The van der Waals surface area contributed by atoms with Crippen LogP contribution in [0, 0.1) is 5.92 Å². The number of rotatable bonds is 7. The standard InChI is InChI=1S/C15H30N2O2/c1-5-17(6-2)12-11-16-15(14(18)19-4)10-8-7-9-13(15)3/h13,16H,5-12H2,1-4H3. The molecule has 19 heavy (non-hydrogen) atoms. The van der Waals surface area contributed by atoms with Crippen LogP contribution in [0.2, 0.25) is 0 Å². The van der Waals surface area contributed by atoms with Crippen LogP contribution < -0.4 is 5.32 Å². The number of esters is 1. The first-order valence-corrected chi connectivity index (χ1v) is 7.66. The van der Waals surface area contributed by atoms with Crippen LogP contribution >= 0.6 is 0 Å². The van der Waals surface area contributed by atoms with E-state index in [1.165, 1.54) is 13.5 Å². The molecule has 0 spiro atoms. The second-order valence-corrected chi connectivity index (χ2v) is 5.56. The van der Waals surface area contributed by atoms with E-state index in [0.29, 0.717) is 5.92 Å². The molecule has 1 rings (SSSR count). The normalized spacial score (nSPS) is 27.5. The van der Waals surface area contributed by atoms with Gasteiger partial charge in [-0.05, 0) is 31.8 Å². The van der Waals surface area contributed by atoms with Gasteiger partial charge in [0, 0.05) is 13.1 Å². The molecule has 0 aromatic heterocycles. The number of hydrogen-bond donors (Lipinski definition) is 1. The van der Waals surface area contributed by atoms with Crippen LogP contribution in [-0.4, -0.2) is 49.7 Å². The van der Waals surface area contributed by atoms with Crippen LogP contribution in [0.4, 0.5) is 0 Å². The third-order valence-electron chi connectivity index (χ3n) is 4.61. The summed E-state index contributed by atoms with van der Waals surface area (Å²) in [7, 11) is 1.50. The van der Waals surface area contributed by atoms with Crippen molar-refractivity contribution in [3.8, 4) is 0 Å². The van der Waals surface area contributed by atoms with E-state index in [9.17, 15) is 4.79 Å². The lowest BCUT2D eigenvalue weighted by Gasteiger charge is -2.41. The zero-order valence-corrected chi connectivity index (χ0v) is 13.0. The second-order valence-electron chi connectivity index (χ2n) is 5.56. The monoisotopic (exact) mass is 270 g/mol. The SMILES string of the molecule is CCN(CC)CCNC1(C(=O)OC)CCCCC1C. The maximum absolute atomic E-state index is 12.2. The molecule has 0 saturated heterocycles. The quantitative estimate of drug-likeness (QED) is 0.719. The third-order valence-corrected chi connectivity index (χ3v) is 4.61. The second kappa shape index (κ2) is 7.85. The topological polar surface area (TPSA) is 41.6 Å². The highest BCUT2D eigenvalue weighted by molar-refractivity contribution is 5.81. The maximum Gasteiger partial charge on any atom is 0.326 e. The molecule has 1 fully saturated rings. The van der Waals surface area contributed by atoms with Gasteiger partial charge in [0.05, 0.1) is 7.11 Å². The Morgan fingerprint density at radius 2 is 2.05 bits per heavy atom. The average molecular weight is 270 g/mol. The van der Waals surface area contributed by atoms with E-state index in [4.69, 9.17) is 4.74 Å². The molecule has 112 valence electrons. The van der Waals surface area contributed by atoms with Crippen LogP contribution in [0.5, 0.6) is 0 Å². The Hall–Kier alpha value is -0.610. The van der Waals surface area contributed by atoms with Crippen molar-refractivity contribution in [2.45, 2.75) is 52.0 Å². The minimum atomic E-state index is -0.458. The van der Waals surface area contributed by atoms with Gasteiger partial charge in [0.25, 0.3) is 0 Å².